The van der Waals surface area contributed by atoms with Gasteiger partial charge < -0.3 is 19.3 Å². The highest BCUT2D eigenvalue weighted by Gasteiger charge is 2.19. The summed E-state index contributed by atoms with van der Waals surface area (Å²) in [7, 11) is 1.59. The molecule has 0 saturated heterocycles. The third kappa shape index (κ3) is 5.10. The molecule has 1 unspecified atom stereocenters. The second-order valence-electron chi connectivity index (χ2n) is 5.93. The summed E-state index contributed by atoms with van der Waals surface area (Å²) in [6.45, 7) is 2.01. The van der Waals surface area contributed by atoms with E-state index < -0.39 is 6.10 Å². The maximum Gasteiger partial charge on any atom is 0.261 e. The average molecular weight is 446 g/mol. The van der Waals surface area contributed by atoms with Crippen molar-refractivity contribution in [1.29, 1.82) is 0 Å². The van der Waals surface area contributed by atoms with Crippen molar-refractivity contribution >= 4 is 21.8 Å². The van der Waals surface area contributed by atoms with Crippen molar-refractivity contribution in [3.05, 3.63) is 58.9 Å². The fraction of sp³-hybridized carbons (Fsp3) is 0.250. The van der Waals surface area contributed by atoms with E-state index in [1.54, 1.807) is 31.4 Å². The number of nitrogens with one attached hydrogen (secondary N) is 1. The second-order valence-corrected chi connectivity index (χ2v) is 6.85. The Balaban J connectivity index is 1.57. The number of carbonyl (C=O) groups excluding carboxylic acids is 1. The minimum absolute atomic E-state index is 0.127. The third-order valence-corrected chi connectivity index (χ3v) is 4.46. The lowest BCUT2D eigenvalue weighted by molar-refractivity contribution is -0.128. The van der Waals surface area contributed by atoms with E-state index in [4.69, 9.17) is 14.0 Å². The standard InChI is InChI=1S/C20H20BrN3O4/c1-3-17(27-16-9-7-15(26-2)8-10-16)20(25)22-12-18-23-19(24-28-18)13-5-4-6-14(21)11-13/h4-11,17H,3,12H2,1-2H3,(H,22,25). The zero-order chi connectivity index (χ0) is 19.9. The molecule has 0 radical (unpaired) electrons. The number of hydrogen-bond acceptors (Lipinski definition) is 6. The second kappa shape index (κ2) is 9.36. The number of halogens is 1. The summed E-state index contributed by atoms with van der Waals surface area (Å²) in [5.41, 5.74) is 0.824. The lowest BCUT2D eigenvalue weighted by Crippen LogP contribution is -2.37. The summed E-state index contributed by atoms with van der Waals surface area (Å²) in [5, 5.41) is 6.73. The zero-order valence-corrected chi connectivity index (χ0v) is 17.1. The predicted octanol–water partition coefficient (Wildman–Crippen LogP) is 3.98. The molecule has 8 heteroatoms. The number of amides is 1. The van der Waals surface area contributed by atoms with Crippen LogP contribution in [0, 0.1) is 0 Å². The lowest BCUT2D eigenvalue weighted by Gasteiger charge is -2.16. The van der Waals surface area contributed by atoms with Gasteiger partial charge in [0, 0.05) is 10.0 Å². The molecule has 0 spiro atoms. The average Bonchev–Trinajstić information content (AvgIpc) is 3.20. The normalized spacial score (nSPS) is 11.7. The molecule has 1 aromatic heterocycles. The first-order chi connectivity index (χ1) is 13.6. The molecule has 0 fully saturated rings. The summed E-state index contributed by atoms with van der Waals surface area (Å²) < 4.78 is 17.0. The number of nitrogens with zero attached hydrogens (tertiary/aromatic N) is 2. The van der Waals surface area contributed by atoms with Crippen LogP contribution in [0.15, 0.2) is 57.5 Å². The van der Waals surface area contributed by atoms with Gasteiger partial charge in [0.05, 0.1) is 13.7 Å². The summed E-state index contributed by atoms with van der Waals surface area (Å²) in [6, 6.07) is 14.7. The van der Waals surface area contributed by atoms with Gasteiger partial charge in [0.25, 0.3) is 5.91 Å². The molecule has 2 aromatic carbocycles. The number of benzene rings is 2. The van der Waals surface area contributed by atoms with Gasteiger partial charge in [-0.15, -0.1) is 0 Å². The minimum atomic E-state index is -0.624. The molecule has 3 rings (SSSR count). The van der Waals surface area contributed by atoms with Gasteiger partial charge in [-0.1, -0.05) is 40.1 Å². The SMILES string of the molecule is CCC(Oc1ccc(OC)cc1)C(=O)NCc1nc(-c2cccc(Br)c2)no1. The number of methoxy groups -OCH3 is 1. The lowest BCUT2D eigenvalue weighted by atomic mass is 10.2. The summed E-state index contributed by atoms with van der Waals surface area (Å²) in [5.74, 6) is 1.86. The largest absolute Gasteiger partial charge is 0.497 e. The first-order valence-corrected chi connectivity index (χ1v) is 9.55. The van der Waals surface area contributed by atoms with Crippen LogP contribution in [0.3, 0.4) is 0 Å². The summed E-state index contributed by atoms with van der Waals surface area (Å²) >= 11 is 3.41. The Morgan fingerprint density at radius 1 is 1.21 bits per heavy atom. The molecule has 7 nitrogen and oxygen atoms in total. The van der Waals surface area contributed by atoms with Crippen molar-refractivity contribution in [2.24, 2.45) is 0 Å². The Morgan fingerprint density at radius 2 is 1.96 bits per heavy atom. The van der Waals surface area contributed by atoms with E-state index in [9.17, 15) is 4.79 Å². The monoisotopic (exact) mass is 445 g/mol. The van der Waals surface area contributed by atoms with Crippen molar-refractivity contribution in [3.63, 3.8) is 0 Å². The Bertz CT molecular complexity index is 927. The quantitative estimate of drug-likeness (QED) is 0.564. The Hall–Kier alpha value is -2.87. The number of aromatic nitrogens is 2. The fourth-order valence-electron chi connectivity index (χ4n) is 2.49. The topological polar surface area (TPSA) is 86.5 Å². The molecule has 0 bridgehead atoms. The molecule has 0 aliphatic rings. The van der Waals surface area contributed by atoms with Gasteiger partial charge in [-0.25, -0.2) is 0 Å². The van der Waals surface area contributed by atoms with Crippen LogP contribution in [-0.2, 0) is 11.3 Å². The zero-order valence-electron chi connectivity index (χ0n) is 15.5. The Morgan fingerprint density at radius 3 is 2.64 bits per heavy atom. The van der Waals surface area contributed by atoms with Crippen LogP contribution < -0.4 is 14.8 Å². The smallest absolute Gasteiger partial charge is 0.261 e. The highest BCUT2D eigenvalue weighted by molar-refractivity contribution is 9.10. The Labute approximate surface area is 171 Å². The minimum Gasteiger partial charge on any atom is -0.497 e. The molecule has 1 atom stereocenters. The third-order valence-electron chi connectivity index (χ3n) is 3.97. The van der Waals surface area contributed by atoms with Gasteiger partial charge in [-0.2, -0.15) is 4.98 Å². The first-order valence-electron chi connectivity index (χ1n) is 8.76. The van der Waals surface area contributed by atoms with Crippen LogP contribution in [0.1, 0.15) is 19.2 Å². The van der Waals surface area contributed by atoms with Crippen LogP contribution in [0.25, 0.3) is 11.4 Å². The van der Waals surface area contributed by atoms with E-state index in [2.05, 4.69) is 31.4 Å². The van der Waals surface area contributed by atoms with Gasteiger partial charge in [0.15, 0.2) is 6.10 Å². The molecule has 0 aliphatic carbocycles. The van der Waals surface area contributed by atoms with Crippen LogP contribution in [0.5, 0.6) is 11.5 Å². The molecule has 0 aliphatic heterocycles. The number of carbonyl (C=O) groups is 1. The molecular weight excluding hydrogens is 426 g/mol. The van der Waals surface area contributed by atoms with Gasteiger partial charge in [0.1, 0.15) is 11.5 Å². The Kier molecular flexibility index (Phi) is 6.65. The number of rotatable bonds is 8. The predicted molar refractivity (Wildman–Crippen MR) is 107 cm³/mol. The van der Waals surface area contributed by atoms with Crippen molar-refractivity contribution in [3.8, 4) is 22.9 Å². The van der Waals surface area contributed by atoms with Crippen LogP contribution >= 0.6 is 15.9 Å². The number of ether oxygens (including phenoxy) is 2. The maximum absolute atomic E-state index is 12.4. The maximum atomic E-state index is 12.4. The molecule has 146 valence electrons. The number of hydrogen-bond donors (Lipinski definition) is 1. The van der Waals surface area contributed by atoms with Crippen molar-refractivity contribution in [2.75, 3.05) is 7.11 Å². The van der Waals surface area contributed by atoms with Gasteiger partial charge in [-0.05, 0) is 42.8 Å². The molecule has 3 aromatic rings. The van der Waals surface area contributed by atoms with E-state index in [-0.39, 0.29) is 12.5 Å². The van der Waals surface area contributed by atoms with Crippen molar-refractivity contribution in [2.45, 2.75) is 26.0 Å². The van der Waals surface area contributed by atoms with E-state index in [0.717, 1.165) is 15.8 Å². The van der Waals surface area contributed by atoms with Crippen LogP contribution in [0.4, 0.5) is 0 Å². The van der Waals surface area contributed by atoms with Crippen LogP contribution in [-0.4, -0.2) is 29.3 Å². The molecule has 1 amide bonds. The van der Waals surface area contributed by atoms with E-state index in [0.29, 0.717) is 23.9 Å². The molecular formula is C20H20BrN3O4. The fourth-order valence-corrected chi connectivity index (χ4v) is 2.89. The van der Waals surface area contributed by atoms with Gasteiger partial charge >= 0.3 is 0 Å². The van der Waals surface area contributed by atoms with Gasteiger partial charge in [-0.3, -0.25) is 4.79 Å². The highest BCUT2D eigenvalue weighted by Crippen LogP contribution is 2.21. The molecule has 1 heterocycles. The summed E-state index contributed by atoms with van der Waals surface area (Å²) in [6.07, 6.45) is -0.105. The van der Waals surface area contributed by atoms with E-state index in [1.165, 1.54) is 0 Å². The van der Waals surface area contributed by atoms with E-state index >= 15 is 0 Å². The van der Waals surface area contributed by atoms with Crippen molar-refractivity contribution < 1.29 is 18.8 Å². The van der Waals surface area contributed by atoms with E-state index in [1.807, 2.05) is 31.2 Å². The van der Waals surface area contributed by atoms with Crippen molar-refractivity contribution in [1.82, 2.24) is 15.5 Å². The molecule has 1 N–H and O–H groups in total. The van der Waals surface area contributed by atoms with Crippen LogP contribution in [0.2, 0.25) is 0 Å². The first kappa shape index (κ1) is 19.9. The highest BCUT2D eigenvalue weighted by atomic mass is 79.9. The molecule has 28 heavy (non-hydrogen) atoms. The van der Waals surface area contributed by atoms with Gasteiger partial charge in [0.2, 0.25) is 11.7 Å². The molecule has 0 saturated carbocycles. The summed E-state index contributed by atoms with van der Waals surface area (Å²) in [4.78, 5) is 16.8.